The summed E-state index contributed by atoms with van der Waals surface area (Å²) in [6.45, 7) is 0. The number of nitriles is 3. The first-order chi connectivity index (χ1) is 13.8. The van der Waals surface area contributed by atoms with Gasteiger partial charge in [0.05, 0.1) is 33.9 Å². The summed E-state index contributed by atoms with van der Waals surface area (Å²) in [6.07, 6.45) is 3.74. The highest BCUT2D eigenvalue weighted by Gasteiger charge is 2.55. The molecule has 0 spiro atoms. The number of allylic oxidation sites excluding steroid dienone is 4. The largest absolute Gasteiger partial charge is 0.478 e. The van der Waals surface area contributed by atoms with Crippen molar-refractivity contribution in [3.63, 3.8) is 0 Å². The number of aromatic carboxylic acids is 1. The van der Waals surface area contributed by atoms with Crippen LogP contribution in [0.5, 0.6) is 0 Å². The number of hydrogen-bond donors (Lipinski definition) is 2. The van der Waals surface area contributed by atoms with E-state index in [-0.39, 0.29) is 22.4 Å². The van der Waals surface area contributed by atoms with Crippen molar-refractivity contribution < 1.29 is 14.8 Å². The van der Waals surface area contributed by atoms with Gasteiger partial charge in [-0.05, 0) is 36.8 Å². The molecule has 0 unspecified atom stereocenters. The zero-order valence-corrected chi connectivity index (χ0v) is 15.1. The van der Waals surface area contributed by atoms with E-state index in [1.54, 1.807) is 0 Å². The molecule has 2 aliphatic rings. The minimum Gasteiger partial charge on any atom is -0.478 e. The Balaban J connectivity index is 2.39. The molecule has 1 aromatic rings. The molecule has 0 saturated heterocycles. The van der Waals surface area contributed by atoms with Crippen LogP contribution in [0.4, 0.5) is 5.69 Å². The molecule has 0 aromatic heterocycles. The van der Waals surface area contributed by atoms with Crippen LogP contribution in [0.1, 0.15) is 41.1 Å². The highest BCUT2D eigenvalue weighted by atomic mass is 16.6. The highest BCUT2D eigenvalue weighted by Crippen LogP contribution is 2.57. The van der Waals surface area contributed by atoms with Gasteiger partial charge in [-0.2, -0.15) is 15.8 Å². The lowest BCUT2D eigenvalue weighted by Crippen LogP contribution is -2.42. The number of rotatable bonds is 3. The van der Waals surface area contributed by atoms with Crippen molar-refractivity contribution in [3.8, 4) is 18.2 Å². The van der Waals surface area contributed by atoms with Crippen LogP contribution in [0.3, 0.4) is 0 Å². The maximum absolute atomic E-state index is 11.7. The molecule has 0 fully saturated rings. The molecule has 0 heterocycles. The second kappa shape index (κ2) is 7.10. The molecular formula is C20H15N5O4. The summed E-state index contributed by atoms with van der Waals surface area (Å²) in [6, 6.07) is 9.19. The zero-order valence-electron chi connectivity index (χ0n) is 15.1. The van der Waals surface area contributed by atoms with Crippen molar-refractivity contribution in [2.75, 3.05) is 0 Å². The summed E-state index contributed by atoms with van der Waals surface area (Å²) in [4.78, 5) is 22.3. The number of nitro benzene ring substituents is 1. The molecule has 3 rings (SSSR count). The molecule has 0 saturated carbocycles. The first-order valence-corrected chi connectivity index (χ1v) is 8.77. The van der Waals surface area contributed by atoms with E-state index in [0.29, 0.717) is 18.4 Å². The van der Waals surface area contributed by atoms with Gasteiger partial charge in [-0.3, -0.25) is 10.1 Å². The van der Waals surface area contributed by atoms with Gasteiger partial charge in [0.1, 0.15) is 6.07 Å². The Morgan fingerprint density at radius 1 is 1.31 bits per heavy atom. The molecule has 3 N–H and O–H groups in total. The Morgan fingerprint density at radius 3 is 2.55 bits per heavy atom. The van der Waals surface area contributed by atoms with Gasteiger partial charge in [-0.25, -0.2) is 4.79 Å². The molecule has 9 heteroatoms. The summed E-state index contributed by atoms with van der Waals surface area (Å²) < 4.78 is 0. The van der Waals surface area contributed by atoms with Crippen LogP contribution in [0.2, 0.25) is 0 Å². The first kappa shape index (κ1) is 19.6. The Hall–Kier alpha value is -4.16. The van der Waals surface area contributed by atoms with E-state index < -0.39 is 33.8 Å². The molecule has 0 bridgehead atoms. The van der Waals surface area contributed by atoms with Gasteiger partial charge in [0.2, 0.25) is 0 Å². The Morgan fingerprint density at radius 2 is 2.00 bits per heavy atom. The van der Waals surface area contributed by atoms with Crippen molar-refractivity contribution in [2.24, 2.45) is 17.1 Å². The zero-order chi connectivity index (χ0) is 21.3. The van der Waals surface area contributed by atoms with E-state index in [4.69, 9.17) is 5.73 Å². The van der Waals surface area contributed by atoms with Crippen molar-refractivity contribution in [2.45, 2.75) is 25.2 Å². The molecule has 2 aliphatic carbocycles. The number of benzene rings is 1. The van der Waals surface area contributed by atoms with Gasteiger partial charge in [-0.1, -0.05) is 12.1 Å². The number of fused-ring (bicyclic) bond motifs is 1. The van der Waals surface area contributed by atoms with Gasteiger partial charge in [0, 0.05) is 17.5 Å². The minimum atomic E-state index is -1.99. The predicted molar refractivity (Wildman–Crippen MR) is 98.7 cm³/mol. The number of carboxylic acid groups (broad SMARTS) is 1. The fraction of sp³-hybridized carbons (Fsp3) is 0.300. The third kappa shape index (κ3) is 2.79. The lowest BCUT2D eigenvalue weighted by Gasteiger charge is -2.43. The van der Waals surface area contributed by atoms with Crippen LogP contribution in [-0.4, -0.2) is 16.0 Å². The van der Waals surface area contributed by atoms with Gasteiger partial charge in [0.15, 0.2) is 5.41 Å². The smallest absolute Gasteiger partial charge is 0.335 e. The molecule has 0 radical (unpaired) electrons. The number of nitro groups is 1. The standard InChI is InChI=1S/C20H15N5O4/c21-8-15-12-3-1-2-4-13(12)17(20(9-22,10-23)18(15)24)14-6-5-11(19(26)27)7-16(14)25(28)29/h3,5-7,13,17H,1-2,4,24H2,(H,26,27)/t13-,17+/m1/s1. The first-order valence-electron chi connectivity index (χ1n) is 8.77. The van der Waals surface area contributed by atoms with Crippen LogP contribution in [0.15, 0.2) is 41.1 Å². The molecule has 1 aromatic carbocycles. The lowest BCUT2D eigenvalue weighted by molar-refractivity contribution is -0.385. The van der Waals surface area contributed by atoms with Crippen LogP contribution in [0, 0.1) is 55.4 Å². The average molecular weight is 389 g/mol. The molecule has 0 aliphatic heterocycles. The van der Waals surface area contributed by atoms with E-state index in [0.717, 1.165) is 12.5 Å². The van der Waals surface area contributed by atoms with Gasteiger partial charge in [0.25, 0.3) is 5.69 Å². The van der Waals surface area contributed by atoms with Gasteiger partial charge < -0.3 is 10.8 Å². The second-order valence-corrected chi connectivity index (χ2v) is 6.94. The molecular weight excluding hydrogens is 374 g/mol. The van der Waals surface area contributed by atoms with E-state index in [1.807, 2.05) is 24.3 Å². The van der Waals surface area contributed by atoms with E-state index in [1.165, 1.54) is 12.1 Å². The average Bonchev–Trinajstić information content (AvgIpc) is 2.72. The highest BCUT2D eigenvalue weighted by molar-refractivity contribution is 5.88. The summed E-state index contributed by atoms with van der Waals surface area (Å²) in [5.74, 6) is -2.84. The number of nitrogens with zero attached hydrogens (tertiary/aromatic N) is 4. The second-order valence-electron chi connectivity index (χ2n) is 6.94. The van der Waals surface area contributed by atoms with Crippen molar-refractivity contribution >= 4 is 11.7 Å². The summed E-state index contributed by atoms with van der Waals surface area (Å²) in [7, 11) is 0. The predicted octanol–water partition coefficient (Wildman–Crippen LogP) is 2.89. The lowest BCUT2D eigenvalue weighted by atomic mass is 9.56. The monoisotopic (exact) mass is 389 g/mol. The quantitative estimate of drug-likeness (QED) is 0.585. The van der Waals surface area contributed by atoms with Gasteiger partial charge in [-0.15, -0.1) is 0 Å². The molecule has 9 nitrogen and oxygen atoms in total. The van der Waals surface area contributed by atoms with Crippen molar-refractivity contribution in [1.82, 2.24) is 0 Å². The number of carboxylic acids is 1. The number of hydrogen-bond acceptors (Lipinski definition) is 7. The van der Waals surface area contributed by atoms with Crippen LogP contribution in [-0.2, 0) is 0 Å². The summed E-state index contributed by atoms with van der Waals surface area (Å²) in [5, 5.41) is 50.4. The Kier molecular flexibility index (Phi) is 4.80. The van der Waals surface area contributed by atoms with Crippen molar-refractivity contribution in [3.05, 3.63) is 62.4 Å². The maximum atomic E-state index is 11.7. The molecule has 29 heavy (non-hydrogen) atoms. The summed E-state index contributed by atoms with van der Waals surface area (Å²) in [5.41, 5.74) is 3.85. The van der Waals surface area contributed by atoms with Crippen LogP contribution in [0.25, 0.3) is 0 Å². The normalized spacial score (nSPS) is 22.3. The molecule has 2 atom stereocenters. The third-order valence-electron chi connectivity index (χ3n) is 5.61. The van der Waals surface area contributed by atoms with Crippen molar-refractivity contribution in [1.29, 1.82) is 15.8 Å². The Labute approximate surface area is 165 Å². The van der Waals surface area contributed by atoms with Crippen LogP contribution < -0.4 is 5.73 Å². The fourth-order valence-corrected chi connectivity index (χ4v) is 4.31. The minimum absolute atomic E-state index is 0.0563. The molecule has 144 valence electrons. The van der Waals surface area contributed by atoms with E-state index in [2.05, 4.69) is 0 Å². The Bertz CT molecular complexity index is 1100. The number of nitrogens with two attached hydrogens (primary N) is 1. The van der Waals surface area contributed by atoms with Gasteiger partial charge >= 0.3 is 5.97 Å². The summed E-state index contributed by atoms with van der Waals surface area (Å²) >= 11 is 0. The molecule has 0 amide bonds. The number of carbonyl (C=O) groups is 1. The maximum Gasteiger partial charge on any atom is 0.335 e. The van der Waals surface area contributed by atoms with E-state index in [9.17, 15) is 35.8 Å². The third-order valence-corrected chi connectivity index (χ3v) is 5.61. The van der Waals surface area contributed by atoms with Crippen LogP contribution >= 0.6 is 0 Å². The fourth-order valence-electron chi connectivity index (χ4n) is 4.31. The van der Waals surface area contributed by atoms with E-state index >= 15 is 0 Å². The topological polar surface area (TPSA) is 178 Å². The SMILES string of the molecule is N#CC1=C(N)C(C#N)(C#N)[C@H](c2ccc(C(=O)O)cc2[N+](=O)[O-])[C@@H]2CCCC=C12.